The first-order chi connectivity index (χ1) is 13.5. The number of nitrogens with one attached hydrogen (secondary N) is 4. The highest BCUT2D eigenvalue weighted by Gasteiger charge is 2.31. The molecule has 6 nitrogen and oxygen atoms in total. The number of nitrogens with two attached hydrogens (primary N) is 1. The van der Waals surface area contributed by atoms with Crippen molar-refractivity contribution in [2.24, 2.45) is 5.73 Å². The van der Waals surface area contributed by atoms with Gasteiger partial charge in [-0.25, -0.2) is 4.39 Å². The van der Waals surface area contributed by atoms with Crippen molar-refractivity contribution >= 4 is 5.57 Å². The van der Waals surface area contributed by atoms with Gasteiger partial charge in [0.05, 0.1) is 19.4 Å². The Bertz CT molecular complexity index is 792. The summed E-state index contributed by atoms with van der Waals surface area (Å²) in [5, 5.41) is 12.4. The lowest BCUT2D eigenvalue weighted by Gasteiger charge is -2.31. The van der Waals surface area contributed by atoms with E-state index in [1.54, 1.807) is 19.5 Å². The van der Waals surface area contributed by atoms with Crippen molar-refractivity contribution in [1.82, 2.24) is 21.3 Å². The van der Waals surface area contributed by atoms with Crippen LogP contribution in [0, 0.1) is 0 Å². The summed E-state index contributed by atoms with van der Waals surface area (Å²) in [6.07, 6.45) is 6.76. The number of hydrogen-bond donors (Lipinski definition) is 5. The van der Waals surface area contributed by atoms with Crippen LogP contribution in [-0.2, 0) is 0 Å². The molecule has 1 aromatic carbocycles. The Labute approximate surface area is 165 Å². The molecule has 0 spiro atoms. The van der Waals surface area contributed by atoms with Crippen LogP contribution in [0.3, 0.4) is 0 Å². The molecule has 0 aliphatic carbocycles. The van der Waals surface area contributed by atoms with Gasteiger partial charge in [-0.1, -0.05) is 18.7 Å². The Morgan fingerprint density at radius 1 is 1.32 bits per heavy atom. The first-order valence-corrected chi connectivity index (χ1v) is 9.37. The molecule has 7 heteroatoms. The number of rotatable bonds is 6. The second-order valence-electron chi connectivity index (χ2n) is 7.01. The van der Waals surface area contributed by atoms with Gasteiger partial charge >= 0.3 is 0 Å². The number of methoxy groups -OCH3 is 1. The smallest absolute Gasteiger partial charge is 0.140 e. The zero-order chi connectivity index (χ0) is 20.0. The molecule has 0 saturated carbocycles. The zero-order valence-electron chi connectivity index (χ0n) is 16.1. The van der Waals surface area contributed by atoms with Crippen molar-refractivity contribution in [3.8, 4) is 5.75 Å². The van der Waals surface area contributed by atoms with E-state index in [0.717, 1.165) is 35.5 Å². The molecular formula is C21H28FN5O. The van der Waals surface area contributed by atoms with Gasteiger partial charge in [0.15, 0.2) is 0 Å². The predicted molar refractivity (Wildman–Crippen MR) is 111 cm³/mol. The molecule has 2 aliphatic rings. The van der Waals surface area contributed by atoms with E-state index in [2.05, 4.69) is 27.8 Å². The van der Waals surface area contributed by atoms with Gasteiger partial charge in [-0.3, -0.25) is 0 Å². The molecule has 6 N–H and O–H groups in total. The van der Waals surface area contributed by atoms with Gasteiger partial charge in [0, 0.05) is 18.9 Å². The number of halogens is 1. The summed E-state index contributed by atoms with van der Waals surface area (Å²) in [5.41, 5.74) is 8.12. The first kappa shape index (κ1) is 19.8. The van der Waals surface area contributed by atoms with Crippen LogP contribution in [0.5, 0.6) is 5.75 Å². The number of ether oxygens (including phenoxy) is 1. The molecule has 150 valence electrons. The lowest BCUT2D eigenvalue weighted by atomic mass is 9.96. The summed E-state index contributed by atoms with van der Waals surface area (Å²) in [5.74, 6) is 1.17. The van der Waals surface area contributed by atoms with Gasteiger partial charge in [-0.2, -0.15) is 0 Å². The molecule has 0 aromatic heterocycles. The molecule has 2 heterocycles. The molecule has 1 unspecified atom stereocenters. The summed E-state index contributed by atoms with van der Waals surface area (Å²) in [6, 6.07) is 7.66. The average Bonchev–Trinajstić information content (AvgIpc) is 2.73. The summed E-state index contributed by atoms with van der Waals surface area (Å²) in [4.78, 5) is 0. The van der Waals surface area contributed by atoms with Crippen molar-refractivity contribution in [2.75, 3.05) is 26.7 Å². The number of benzene rings is 1. The fraction of sp³-hybridized carbons (Fsp3) is 0.333. The lowest BCUT2D eigenvalue weighted by Crippen LogP contribution is -2.49. The van der Waals surface area contributed by atoms with Gasteiger partial charge in [0.1, 0.15) is 22.9 Å². The van der Waals surface area contributed by atoms with Crippen LogP contribution >= 0.6 is 0 Å². The van der Waals surface area contributed by atoms with E-state index in [9.17, 15) is 4.39 Å². The molecule has 1 fully saturated rings. The van der Waals surface area contributed by atoms with Gasteiger partial charge in [-0.15, -0.1) is 0 Å². The highest BCUT2D eigenvalue weighted by Crippen LogP contribution is 2.22. The van der Waals surface area contributed by atoms with E-state index in [4.69, 9.17) is 10.5 Å². The van der Waals surface area contributed by atoms with E-state index >= 15 is 0 Å². The number of allylic oxidation sites excluding steroid dienone is 2. The van der Waals surface area contributed by atoms with Crippen molar-refractivity contribution in [3.05, 3.63) is 72.1 Å². The van der Waals surface area contributed by atoms with Crippen molar-refractivity contribution in [1.29, 1.82) is 0 Å². The standard InChI is InChI=1S/C21H28FN5O/c1-15(16-4-6-17(28-2)7-5-16)12-18-19(26-11-10-25-18)20(23)27-14-21(22)8-3-9-24-13-21/h4-7,10-12,24-27H,1,3,8-9,13-14,23H2,2H3/b18-12+,20-19-. The largest absolute Gasteiger partial charge is 0.497 e. The predicted octanol–water partition coefficient (Wildman–Crippen LogP) is 2.07. The van der Waals surface area contributed by atoms with Gasteiger partial charge in [0.2, 0.25) is 0 Å². The van der Waals surface area contributed by atoms with E-state index in [1.807, 2.05) is 30.3 Å². The maximum Gasteiger partial charge on any atom is 0.140 e. The van der Waals surface area contributed by atoms with Crippen LogP contribution in [0.25, 0.3) is 5.57 Å². The molecule has 0 radical (unpaired) electrons. The van der Waals surface area contributed by atoms with Crippen LogP contribution in [0.2, 0.25) is 0 Å². The summed E-state index contributed by atoms with van der Waals surface area (Å²) in [7, 11) is 1.63. The first-order valence-electron chi connectivity index (χ1n) is 9.37. The minimum absolute atomic E-state index is 0.160. The van der Waals surface area contributed by atoms with Crippen LogP contribution in [0.1, 0.15) is 18.4 Å². The Hall–Kier alpha value is -2.93. The second kappa shape index (κ2) is 8.84. The minimum atomic E-state index is -1.29. The third-order valence-corrected chi connectivity index (χ3v) is 4.88. The van der Waals surface area contributed by atoms with E-state index in [-0.39, 0.29) is 6.54 Å². The van der Waals surface area contributed by atoms with Gasteiger partial charge in [-0.05, 0) is 48.7 Å². The van der Waals surface area contributed by atoms with Crippen LogP contribution in [-0.4, -0.2) is 32.4 Å². The van der Waals surface area contributed by atoms with Gasteiger partial charge < -0.3 is 31.7 Å². The second-order valence-corrected chi connectivity index (χ2v) is 7.01. The van der Waals surface area contributed by atoms with E-state index in [0.29, 0.717) is 24.5 Å². The molecule has 1 saturated heterocycles. The zero-order valence-corrected chi connectivity index (χ0v) is 16.1. The molecule has 0 bridgehead atoms. The maximum atomic E-state index is 14.8. The summed E-state index contributed by atoms with van der Waals surface area (Å²) >= 11 is 0. The van der Waals surface area contributed by atoms with E-state index < -0.39 is 5.67 Å². The number of alkyl halides is 1. The van der Waals surface area contributed by atoms with Crippen molar-refractivity contribution in [2.45, 2.75) is 18.5 Å². The van der Waals surface area contributed by atoms with Crippen LogP contribution < -0.4 is 31.7 Å². The summed E-state index contributed by atoms with van der Waals surface area (Å²) < 4.78 is 20.0. The molecule has 0 amide bonds. The Morgan fingerprint density at radius 2 is 2.07 bits per heavy atom. The lowest BCUT2D eigenvalue weighted by molar-refractivity contribution is 0.123. The monoisotopic (exact) mass is 385 g/mol. The third-order valence-electron chi connectivity index (χ3n) is 4.88. The average molecular weight is 385 g/mol. The molecular weight excluding hydrogens is 357 g/mol. The Morgan fingerprint density at radius 3 is 2.75 bits per heavy atom. The number of piperidine rings is 1. The Balaban J connectivity index is 1.74. The highest BCUT2D eigenvalue weighted by molar-refractivity contribution is 5.74. The van der Waals surface area contributed by atoms with E-state index in [1.165, 1.54) is 0 Å². The van der Waals surface area contributed by atoms with Crippen LogP contribution in [0.4, 0.5) is 4.39 Å². The quantitative estimate of drug-likeness (QED) is 0.516. The third kappa shape index (κ3) is 4.86. The molecule has 1 aromatic rings. The molecule has 3 rings (SSSR count). The molecule has 28 heavy (non-hydrogen) atoms. The van der Waals surface area contributed by atoms with Crippen molar-refractivity contribution < 1.29 is 9.13 Å². The Kier molecular flexibility index (Phi) is 6.26. The fourth-order valence-electron chi connectivity index (χ4n) is 3.23. The highest BCUT2D eigenvalue weighted by atomic mass is 19.1. The maximum absolute atomic E-state index is 14.8. The molecule has 1 atom stereocenters. The minimum Gasteiger partial charge on any atom is -0.497 e. The van der Waals surface area contributed by atoms with Crippen LogP contribution in [0.15, 0.2) is 66.5 Å². The number of hydrogen-bond acceptors (Lipinski definition) is 6. The topological polar surface area (TPSA) is 83.4 Å². The van der Waals surface area contributed by atoms with Crippen molar-refractivity contribution in [3.63, 3.8) is 0 Å². The normalized spacial score (nSPS) is 24.9. The SMILES string of the molecule is C=C(/C=C1/NC=CN/C1=C(/N)NCC1(F)CCCNC1)c1ccc(OC)cc1. The molecule has 2 aliphatic heterocycles. The summed E-state index contributed by atoms with van der Waals surface area (Å²) in [6.45, 7) is 5.50. The fourth-order valence-corrected chi connectivity index (χ4v) is 3.23. The van der Waals surface area contributed by atoms with Gasteiger partial charge in [0.25, 0.3) is 0 Å².